The number of ether oxygens (including phenoxy) is 4. The molecule has 0 N–H and O–H groups in total. The third-order valence-corrected chi connectivity index (χ3v) is 3.48. The molecule has 0 unspecified atom stereocenters. The molecule has 1 fully saturated rings. The molecule has 7 nitrogen and oxygen atoms in total. The highest BCUT2D eigenvalue weighted by Gasteiger charge is 2.47. The molecule has 7 heteroatoms. The maximum atomic E-state index is 11.5. The van der Waals surface area contributed by atoms with Crippen LogP contribution in [0.25, 0.3) is 0 Å². The zero-order valence-corrected chi connectivity index (χ0v) is 13.8. The van der Waals surface area contributed by atoms with E-state index in [0.29, 0.717) is 0 Å². The lowest BCUT2D eigenvalue weighted by Gasteiger charge is -2.40. The number of carbonyl (C=O) groups excluding carboxylic acids is 3. The Morgan fingerprint density at radius 2 is 1.42 bits per heavy atom. The van der Waals surface area contributed by atoms with Gasteiger partial charge >= 0.3 is 17.9 Å². The summed E-state index contributed by atoms with van der Waals surface area (Å²) in [4.78, 5) is 34.3. The zero-order valence-electron chi connectivity index (χ0n) is 13.8. The van der Waals surface area contributed by atoms with Crippen LogP contribution in [0, 0.1) is 0 Å². The van der Waals surface area contributed by atoms with Gasteiger partial charge in [-0.15, -0.1) is 0 Å². The van der Waals surface area contributed by atoms with E-state index in [1.165, 1.54) is 20.8 Å². The van der Waals surface area contributed by atoms with E-state index >= 15 is 0 Å². The number of esters is 3. The maximum absolute atomic E-state index is 11.5. The summed E-state index contributed by atoms with van der Waals surface area (Å²) in [5, 5.41) is 0. The molecule has 1 aliphatic rings. The van der Waals surface area contributed by atoms with Gasteiger partial charge in [0.05, 0.1) is 6.61 Å². The van der Waals surface area contributed by atoms with Crippen molar-refractivity contribution >= 4 is 17.9 Å². The summed E-state index contributed by atoms with van der Waals surface area (Å²) >= 11 is 0. The van der Waals surface area contributed by atoms with Crippen molar-refractivity contribution in [2.45, 2.75) is 45.2 Å². The van der Waals surface area contributed by atoms with Crippen molar-refractivity contribution in [3.8, 4) is 0 Å². The summed E-state index contributed by atoms with van der Waals surface area (Å²) < 4.78 is 21.6. The van der Waals surface area contributed by atoms with E-state index in [9.17, 15) is 14.4 Å². The van der Waals surface area contributed by atoms with Crippen molar-refractivity contribution in [2.75, 3.05) is 6.61 Å². The molecule has 1 aliphatic heterocycles. The highest BCUT2D eigenvalue weighted by Crippen LogP contribution is 2.34. The Kier molecular flexibility index (Phi) is 5.92. The fraction of sp³-hybridized carbons (Fsp3) is 0.471. The number of rotatable bonds is 4. The van der Waals surface area contributed by atoms with E-state index in [1.54, 1.807) is 0 Å². The molecule has 0 aliphatic carbocycles. The molecule has 24 heavy (non-hydrogen) atoms. The van der Waals surface area contributed by atoms with Crippen LogP contribution in [0.4, 0.5) is 0 Å². The SMILES string of the molecule is CC(=O)O[C@@H]1[C@H](OC(C)=O)[C@H](OC(C)=O)CO[C@H]1c1ccccc1. The lowest BCUT2D eigenvalue weighted by atomic mass is 9.94. The molecule has 0 spiro atoms. The Morgan fingerprint density at radius 1 is 0.875 bits per heavy atom. The molecule has 1 aromatic carbocycles. The quantitative estimate of drug-likeness (QED) is 0.609. The molecular formula is C17H20O7. The first-order valence-electron chi connectivity index (χ1n) is 7.56. The zero-order chi connectivity index (χ0) is 17.7. The van der Waals surface area contributed by atoms with Crippen molar-refractivity contribution < 1.29 is 33.3 Å². The maximum Gasteiger partial charge on any atom is 0.303 e. The first-order chi connectivity index (χ1) is 11.4. The van der Waals surface area contributed by atoms with Gasteiger partial charge in [0.15, 0.2) is 18.3 Å². The summed E-state index contributed by atoms with van der Waals surface area (Å²) in [6, 6.07) is 9.12. The van der Waals surface area contributed by atoms with E-state index < -0.39 is 42.3 Å². The highest BCUT2D eigenvalue weighted by molar-refractivity contribution is 5.68. The van der Waals surface area contributed by atoms with Crippen molar-refractivity contribution in [3.63, 3.8) is 0 Å². The fourth-order valence-corrected chi connectivity index (χ4v) is 2.67. The summed E-state index contributed by atoms with van der Waals surface area (Å²) in [5.41, 5.74) is 0.766. The molecule has 2 rings (SSSR count). The van der Waals surface area contributed by atoms with Crippen molar-refractivity contribution in [1.82, 2.24) is 0 Å². The predicted octanol–water partition coefficient (Wildman–Crippen LogP) is 1.55. The molecular weight excluding hydrogens is 316 g/mol. The third kappa shape index (κ3) is 4.55. The van der Waals surface area contributed by atoms with Crippen LogP contribution in [0.1, 0.15) is 32.4 Å². The number of carbonyl (C=O) groups is 3. The van der Waals surface area contributed by atoms with Crippen LogP contribution in [0.15, 0.2) is 30.3 Å². The van der Waals surface area contributed by atoms with Crippen LogP contribution in [-0.2, 0) is 33.3 Å². The van der Waals surface area contributed by atoms with Gasteiger partial charge in [0.1, 0.15) is 6.10 Å². The van der Waals surface area contributed by atoms with Gasteiger partial charge in [0.2, 0.25) is 0 Å². The number of hydrogen-bond acceptors (Lipinski definition) is 7. The molecule has 1 saturated heterocycles. The smallest absolute Gasteiger partial charge is 0.303 e. The lowest BCUT2D eigenvalue weighted by molar-refractivity contribution is -0.227. The Balaban J connectivity index is 2.34. The first-order valence-corrected chi connectivity index (χ1v) is 7.56. The molecule has 1 aromatic rings. The van der Waals surface area contributed by atoms with Crippen LogP contribution in [-0.4, -0.2) is 42.8 Å². The van der Waals surface area contributed by atoms with Crippen LogP contribution >= 0.6 is 0 Å². The summed E-state index contributed by atoms with van der Waals surface area (Å²) in [7, 11) is 0. The van der Waals surface area contributed by atoms with Gasteiger partial charge in [-0.2, -0.15) is 0 Å². The van der Waals surface area contributed by atoms with Crippen molar-refractivity contribution in [3.05, 3.63) is 35.9 Å². The standard InChI is InChI=1S/C17H20O7/c1-10(18)22-14-9-21-15(13-7-5-4-6-8-13)17(24-12(3)20)16(14)23-11(2)19/h4-8,14-17H,9H2,1-3H3/t14-,15+,16-,17+/m1/s1. The van der Waals surface area contributed by atoms with Crippen LogP contribution in [0.2, 0.25) is 0 Å². The molecule has 0 aromatic heterocycles. The van der Waals surface area contributed by atoms with E-state index in [2.05, 4.69) is 0 Å². The monoisotopic (exact) mass is 336 g/mol. The number of benzene rings is 1. The first kappa shape index (κ1) is 17.9. The van der Waals surface area contributed by atoms with Gasteiger partial charge in [-0.3, -0.25) is 14.4 Å². The van der Waals surface area contributed by atoms with Gasteiger partial charge in [-0.05, 0) is 5.56 Å². The highest BCUT2D eigenvalue weighted by atomic mass is 16.6. The Bertz CT molecular complexity index is 598. The molecule has 0 saturated carbocycles. The summed E-state index contributed by atoms with van der Waals surface area (Å²) in [5.74, 6) is -1.66. The van der Waals surface area contributed by atoms with E-state index in [4.69, 9.17) is 18.9 Å². The third-order valence-electron chi connectivity index (χ3n) is 3.48. The molecule has 130 valence electrons. The molecule has 0 amide bonds. The minimum absolute atomic E-state index is 0.0227. The van der Waals surface area contributed by atoms with Gasteiger partial charge in [-0.25, -0.2) is 0 Å². The Morgan fingerprint density at radius 3 is 1.96 bits per heavy atom. The average molecular weight is 336 g/mol. The van der Waals surface area contributed by atoms with E-state index in [1.807, 2.05) is 30.3 Å². The fourth-order valence-electron chi connectivity index (χ4n) is 2.67. The van der Waals surface area contributed by atoms with Gasteiger partial charge in [0.25, 0.3) is 0 Å². The van der Waals surface area contributed by atoms with Crippen LogP contribution < -0.4 is 0 Å². The van der Waals surface area contributed by atoms with Gasteiger partial charge < -0.3 is 18.9 Å². The van der Waals surface area contributed by atoms with Crippen molar-refractivity contribution in [2.24, 2.45) is 0 Å². The Labute approximate surface area is 139 Å². The second-order valence-corrected chi connectivity index (χ2v) is 5.46. The topological polar surface area (TPSA) is 88.1 Å². The number of hydrogen-bond donors (Lipinski definition) is 0. The van der Waals surface area contributed by atoms with E-state index in [0.717, 1.165) is 5.56 Å². The van der Waals surface area contributed by atoms with Crippen LogP contribution in [0.3, 0.4) is 0 Å². The summed E-state index contributed by atoms with van der Waals surface area (Å²) in [6.45, 7) is 3.76. The normalized spacial score (nSPS) is 26.3. The largest absolute Gasteiger partial charge is 0.456 e. The van der Waals surface area contributed by atoms with E-state index in [-0.39, 0.29) is 6.61 Å². The van der Waals surface area contributed by atoms with Crippen molar-refractivity contribution in [1.29, 1.82) is 0 Å². The lowest BCUT2D eigenvalue weighted by Crippen LogP contribution is -2.54. The molecule has 4 atom stereocenters. The minimum Gasteiger partial charge on any atom is -0.456 e. The Hall–Kier alpha value is -2.41. The second kappa shape index (κ2) is 7.92. The average Bonchev–Trinajstić information content (AvgIpc) is 2.50. The van der Waals surface area contributed by atoms with Gasteiger partial charge in [0, 0.05) is 20.8 Å². The minimum atomic E-state index is -0.950. The molecule has 0 radical (unpaired) electrons. The molecule has 0 bridgehead atoms. The second-order valence-electron chi connectivity index (χ2n) is 5.46. The predicted molar refractivity (Wildman–Crippen MR) is 81.8 cm³/mol. The van der Waals surface area contributed by atoms with Crippen LogP contribution in [0.5, 0.6) is 0 Å². The van der Waals surface area contributed by atoms with Gasteiger partial charge in [-0.1, -0.05) is 30.3 Å². The molecule has 1 heterocycles. The summed E-state index contributed by atoms with van der Waals surface area (Å²) in [6.07, 6.45) is -3.36.